The van der Waals surface area contributed by atoms with Crippen molar-refractivity contribution in [2.45, 2.75) is 270 Å². The highest BCUT2D eigenvalue weighted by atomic mass is 31.2. The van der Waals surface area contributed by atoms with Gasteiger partial charge in [0.05, 0.1) is 39.9 Å². The number of nitrogens with zero attached hydrogens (tertiary/aromatic N) is 1. The van der Waals surface area contributed by atoms with Crippen molar-refractivity contribution in [3.63, 3.8) is 0 Å². The molecular weight excluding hydrogens is 960 g/mol. The number of rotatable bonds is 56. The van der Waals surface area contributed by atoms with Gasteiger partial charge in [-0.1, -0.05) is 277 Å². The number of carbonyl (C=O) groups is 1. The van der Waals surface area contributed by atoms with Gasteiger partial charge >= 0.3 is 0 Å². The molecule has 1 amide bonds. The predicted octanol–water partition coefficient (Wildman–Crippen LogP) is 18.9. The average molecular weight is 1080 g/mol. The number of aliphatic hydroxyl groups is 1. The van der Waals surface area contributed by atoms with E-state index in [0.29, 0.717) is 23.9 Å². The molecule has 0 aromatic heterocycles. The van der Waals surface area contributed by atoms with Crippen LogP contribution in [-0.4, -0.2) is 68.5 Å². The van der Waals surface area contributed by atoms with Crippen molar-refractivity contribution < 1.29 is 32.9 Å². The summed E-state index contributed by atoms with van der Waals surface area (Å²) in [7, 11) is 1.29. The number of amides is 1. The van der Waals surface area contributed by atoms with Gasteiger partial charge in [0.15, 0.2) is 0 Å². The van der Waals surface area contributed by atoms with Crippen LogP contribution in [0.3, 0.4) is 0 Å². The number of likely N-dealkylation sites (N-methyl/N-ethyl adjacent to an activating group) is 1. The smallest absolute Gasteiger partial charge is 0.268 e. The van der Waals surface area contributed by atoms with E-state index in [-0.39, 0.29) is 19.1 Å². The van der Waals surface area contributed by atoms with Crippen molar-refractivity contribution in [1.82, 2.24) is 5.32 Å². The van der Waals surface area contributed by atoms with Crippen LogP contribution in [0.1, 0.15) is 258 Å². The number of phosphoric ester groups is 1. The Morgan fingerprint density at radius 2 is 0.803 bits per heavy atom. The van der Waals surface area contributed by atoms with Crippen LogP contribution in [0.2, 0.25) is 0 Å². The minimum absolute atomic E-state index is 0.00483. The molecule has 0 rings (SSSR count). The van der Waals surface area contributed by atoms with E-state index in [1.54, 1.807) is 0 Å². The Hall–Kier alpha value is -2.84. The number of hydrogen-bond acceptors (Lipinski definition) is 6. The summed E-state index contributed by atoms with van der Waals surface area (Å²) in [6, 6.07) is -0.815. The third-order valence-electron chi connectivity index (χ3n) is 13.5. The van der Waals surface area contributed by atoms with Crippen LogP contribution in [0.15, 0.2) is 109 Å². The van der Waals surface area contributed by atoms with Crippen molar-refractivity contribution in [2.24, 2.45) is 0 Å². The molecule has 0 aliphatic heterocycles. The lowest BCUT2D eigenvalue weighted by atomic mass is 10.0. The van der Waals surface area contributed by atoms with Crippen LogP contribution in [0, 0.1) is 0 Å². The Labute approximate surface area is 470 Å². The molecule has 3 unspecified atom stereocenters. The van der Waals surface area contributed by atoms with Crippen molar-refractivity contribution >= 4 is 13.7 Å². The van der Waals surface area contributed by atoms with E-state index in [1.165, 1.54) is 122 Å². The first kappa shape index (κ1) is 73.2. The van der Waals surface area contributed by atoms with Crippen LogP contribution in [0.5, 0.6) is 0 Å². The fourth-order valence-electron chi connectivity index (χ4n) is 8.68. The fraction of sp³-hybridized carbons (Fsp3) is 0.716. The first-order valence-electron chi connectivity index (χ1n) is 31.2. The molecule has 0 heterocycles. The summed E-state index contributed by atoms with van der Waals surface area (Å²) in [5, 5.41) is 14.0. The number of phosphoric acid groups is 1. The normalized spacial score (nSPS) is 14.6. The van der Waals surface area contributed by atoms with Gasteiger partial charge in [0, 0.05) is 6.42 Å². The lowest BCUT2D eigenvalue weighted by Crippen LogP contribution is -2.46. The van der Waals surface area contributed by atoms with Crippen LogP contribution in [0.4, 0.5) is 0 Å². The first-order chi connectivity index (χ1) is 37.0. The summed E-state index contributed by atoms with van der Waals surface area (Å²) in [6.45, 7) is 4.61. The zero-order valence-corrected chi connectivity index (χ0v) is 50.8. The highest BCUT2D eigenvalue weighted by Crippen LogP contribution is 2.38. The minimum atomic E-state index is -4.59. The Morgan fingerprint density at radius 3 is 1.17 bits per heavy atom. The Kier molecular flexibility index (Phi) is 54.7. The van der Waals surface area contributed by atoms with E-state index in [9.17, 15) is 19.4 Å². The standard InChI is InChI=1S/C67H119N2O6P/c1-6-8-10-12-14-16-18-20-22-24-26-27-28-29-30-31-32-33-34-35-36-37-38-39-40-41-43-45-47-49-51-53-55-57-59-61-67(71)68-65(64-75-76(72,73)74-63-62-69(3,4)5)66(70)60-58-56-54-52-50-48-46-44-42-25-23-21-19-17-15-13-11-9-7-2/h8,10,14,16,20,22,26-27,29-30,32-33,35-36,38-39,41,43,65-66,70H,6-7,9,11-13,15,17-19,21,23-25,28,31,34,37,40,42,44-64H2,1-5H3,(H-,68,71,72,73)/b10-8-,16-14-,22-20-,27-26-,30-29-,33-32-,36-35-,39-38-,43-41-. The lowest BCUT2D eigenvalue weighted by molar-refractivity contribution is -0.870. The van der Waals surface area contributed by atoms with E-state index < -0.39 is 20.0 Å². The molecule has 0 bridgehead atoms. The average Bonchev–Trinajstić information content (AvgIpc) is 3.38. The largest absolute Gasteiger partial charge is 0.756 e. The van der Waals surface area contributed by atoms with E-state index in [0.717, 1.165) is 109 Å². The van der Waals surface area contributed by atoms with Crippen molar-refractivity contribution in [3.05, 3.63) is 109 Å². The summed E-state index contributed by atoms with van der Waals surface area (Å²) < 4.78 is 23.4. The predicted molar refractivity (Wildman–Crippen MR) is 329 cm³/mol. The molecule has 8 nitrogen and oxygen atoms in total. The van der Waals surface area contributed by atoms with Crippen molar-refractivity contribution in [1.29, 1.82) is 0 Å². The molecule has 0 saturated carbocycles. The van der Waals surface area contributed by atoms with E-state index >= 15 is 0 Å². The Bertz CT molecular complexity index is 1600. The maximum Gasteiger partial charge on any atom is 0.268 e. The molecule has 0 aliphatic rings. The highest BCUT2D eigenvalue weighted by molar-refractivity contribution is 7.45. The second kappa shape index (κ2) is 56.9. The number of quaternary nitrogens is 1. The molecule has 9 heteroatoms. The molecule has 0 aliphatic carbocycles. The number of aliphatic hydroxyl groups excluding tert-OH is 1. The number of nitrogens with one attached hydrogen (secondary N) is 1. The van der Waals surface area contributed by atoms with Crippen LogP contribution in [0.25, 0.3) is 0 Å². The monoisotopic (exact) mass is 1080 g/mol. The second-order valence-corrected chi connectivity index (χ2v) is 23.4. The van der Waals surface area contributed by atoms with E-state index in [2.05, 4.69) is 129 Å². The highest BCUT2D eigenvalue weighted by Gasteiger charge is 2.24. The molecule has 2 N–H and O–H groups in total. The third kappa shape index (κ3) is 58.8. The first-order valence-corrected chi connectivity index (χ1v) is 32.7. The van der Waals surface area contributed by atoms with Crippen molar-refractivity contribution in [2.75, 3.05) is 40.9 Å². The van der Waals surface area contributed by atoms with Gasteiger partial charge in [-0.2, -0.15) is 0 Å². The van der Waals surface area contributed by atoms with Gasteiger partial charge in [-0.25, -0.2) is 0 Å². The SMILES string of the molecule is CC/C=C\C/C=C\C/C=C\C/C=C\C/C=C\C/C=C\C/C=C\C/C=C\C/C=C\CCCCCCCCCC(=O)NC(COP(=O)([O-])OCC[N+](C)(C)C)C(O)CCCCCCCCCCCCCCCCCCCCC. The van der Waals surface area contributed by atoms with Gasteiger partial charge in [-0.3, -0.25) is 9.36 Å². The summed E-state index contributed by atoms with van der Waals surface area (Å²) in [4.78, 5) is 25.6. The number of carbonyl (C=O) groups excluding carboxylic acids is 1. The van der Waals surface area contributed by atoms with Gasteiger partial charge in [-0.05, 0) is 83.5 Å². The Balaban J connectivity index is 4.17. The van der Waals surface area contributed by atoms with Gasteiger partial charge in [0.2, 0.25) is 5.91 Å². The summed E-state index contributed by atoms with van der Waals surface area (Å²) in [6.07, 6.45) is 82.7. The van der Waals surface area contributed by atoms with Gasteiger partial charge in [0.1, 0.15) is 13.2 Å². The Morgan fingerprint density at radius 1 is 0.474 bits per heavy atom. The molecule has 0 aromatic carbocycles. The zero-order valence-electron chi connectivity index (χ0n) is 49.9. The fourth-order valence-corrected chi connectivity index (χ4v) is 9.40. The lowest BCUT2D eigenvalue weighted by Gasteiger charge is -2.30. The third-order valence-corrected chi connectivity index (χ3v) is 14.5. The zero-order chi connectivity index (χ0) is 55.6. The van der Waals surface area contributed by atoms with E-state index in [4.69, 9.17) is 9.05 Å². The topological polar surface area (TPSA) is 108 Å². The van der Waals surface area contributed by atoms with Gasteiger partial charge in [0.25, 0.3) is 7.82 Å². The van der Waals surface area contributed by atoms with E-state index in [1.807, 2.05) is 21.1 Å². The molecule has 0 aromatic rings. The molecule has 0 fully saturated rings. The maximum atomic E-state index is 13.0. The molecule has 438 valence electrons. The maximum absolute atomic E-state index is 13.0. The summed E-state index contributed by atoms with van der Waals surface area (Å²) >= 11 is 0. The summed E-state index contributed by atoms with van der Waals surface area (Å²) in [5.41, 5.74) is 0. The van der Waals surface area contributed by atoms with Gasteiger partial charge < -0.3 is 28.8 Å². The van der Waals surface area contributed by atoms with Crippen LogP contribution >= 0.6 is 7.82 Å². The van der Waals surface area contributed by atoms with Crippen LogP contribution < -0.4 is 10.2 Å². The molecule has 0 spiro atoms. The minimum Gasteiger partial charge on any atom is -0.756 e. The number of hydrogen-bond donors (Lipinski definition) is 2. The quantitative estimate of drug-likeness (QED) is 0.0272. The molecule has 0 radical (unpaired) electrons. The molecular formula is C67H119N2O6P. The molecule has 76 heavy (non-hydrogen) atoms. The number of unbranched alkanes of at least 4 members (excludes halogenated alkanes) is 25. The second-order valence-electron chi connectivity index (χ2n) is 22.0. The van der Waals surface area contributed by atoms with Crippen molar-refractivity contribution in [3.8, 4) is 0 Å². The number of allylic oxidation sites excluding steroid dienone is 18. The van der Waals surface area contributed by atoms with Gasteiger partial charge in [-0.15, -0.1) is 0 Å². The van der Waals surface area contributed by atoms with Crippen LogP contribution in [-0.2, 0) is 18.4 Å². The molecule has 0 saturated heterocycles. The summed E-state index contributed by atoms with van der Waals surface area (Å²) in [5.74, 6) is -0.178. The molecule has 3 atom stereocenters.